The molecule has 9 nitrogen and oxygen atoms in total. The Morgan fingerprint density at radius 3 is 2.08 bits per heavy atom. The maximum Gasteiger partial charge on any atom is 1.00 e. The van der Waals surface area contributed by atoms with E-state index in [1.807, 2.05) is 51.8 Å². The summed E-state index contributed by atoms with van der Waals surface area (Å²) in [6.45, 7) is 9.79. The Kier molecular flexibility index (Phi) is 25.7. The number of likely N-dealkylation sites (N-methyl/N-ethyl adjacent to an activating group) is 1. The number of unbranched alkanes of at least 4 members (excludes halogenated alkanes) is 7. The van der Waals surface area contributed by atoms with Crippen molar-refractivity contribution in [2.45, 2.75) is 142 Å². The molecule has 1 aliphatic heterocycles. The maximum atomic E-state index is 12.4. The minimum Gasteiger partial charge on any atom is -0.652 e. The number of hydrogen-bond acceptors (Lipinski definition) is 7. The summed E-state index contributed by atoms with van der Waals surface area (Å²) in [5, 5.41) is 9.72. The SMILES string of the molecule is CC.CCCC(NCc1c(CCCCCCCCCCc2cccc(C=O)c2CN(C)C2CC[N-]C2=O)cccc1C(C)OC)C(=O)NC=O.[K+]. The number of imide groups is 1. The van der Waals surface area contributed by atoms with Crippen LogP contribution < -0.4 is 62.0 Å². The molecule has 2 N–H and O–H groups in total. The Hall–Kier alpha value is -1.76. The Morgan fingerprint density at radius 1 is 0.961 bits per heavy atom. The third kappa shape index (κ3) is 16.0. The second-order valence-electron chi connectivity index (χ2n) is 13.1. The molecule has 0 bridgehead atoms. The van der Waals surface area contributed by atoms with Gasteiger partial charge in [0.1, 0.15) is 6.29 Å². The largest absolute Gasteiger partial charge is 1.00 e. The Bertz CT molecular complexity index is 1320. The van der Waals surface area contributed by atoms with E-state index in [-0.39, 0.29) is 75.3 Å². The summed E-state index contributed by atoms with van der Waals surface area (Å²) in [6.07, 6.45) is 14.8. The Labute approximate surface area is 350 Å². The van der Waals surface area contributed by atoms with E-state index in [4.69, 9.17) is 4.74 Å². The van der Waals surface area contributed by atoms with E-state index in [0.717, 1.165) is 62.4 Å². The standard InChI is InChI=1S/C39H58N4O5.C2H6.K/c1-5-16-36(38(46)42-28-45)41-25-34-30(20-15-22-33(34)29(2)48-4)17-12-10-8-6-7-9-11-13-18-31-19-14-21-32(27-44)35(31)26-43(3)37-23-24-40-39(37)47;1-2;/h14-15,19-22,27-29,36-37,41H,5-13,16-18,23-26H2,1-4H3,(H2,40,42,45,46,47);1-2H3;/q;;+1/p-1. The molecule has 3 atom stereocenters. The average Bonchev–Trinajstić information content (AvgIpc) is 3.57. The number of carbonyl (C=O) groups excluding carboxylic acids is 4. The monoisotopic (exact) mass is 730 g/mol. The van der Waals surface area contributed by atoms with Gasteiger partial charge in [0.25, 0.3) is 0 Å². The first-order valence-electron chi connectivity index (χ1n) is 18.9. The van der Waals surface area contributed by atoms with Crippen LogP contribution in [0.3, 0.4) is 0 Å². The molecular weight excluding hydrogens is 668 g/mol. The molecule has 0 aliphatic carbocycles. The minimum absolute atomic E-state index is 0. The number of ether oxygens (including phenoxy) is 1. The molecule has 3 amide bonds. The summed E-state index contributed by atoms with van der Waals surface area (Å²) in [5.74, 6) is -0.341. The van der Waals surface area contributed by atoms with Crippen LogP contribution in [0.1, 0.15) is 143 Å². The molecule has 1 aliphatic rings. The summed E-state index contributed by atoms with van der Waals surface area (Å²) < 4.78 is 5.67. The van der Waals surface area contributed by atoms with E-state index in [1.165, 1.54) is 48.8 Å². The molecule has 278 valence electrons. The second-order valence-corrected chi connectivity index (χ2v) is 13.1. The summed E-state index contributed by atoms with van der Waals surface area (Å²) >= 11 is 0. The van der Waals surface area contributed by atoms with Gasteiger partial charge in [-0.25, -0.2) is 0 Å². The number of rotatable bonds is 24. The van der Waals surface area contributed by atoms with Gasteiger partial charge in [0, 0.05) is 31.8 Å². The van der Waals surface area contributed by atoms with E-state index < -0.39 is 6.04 Å². The summed E-state index contributed by atoms with van der Waals surface area (Å²) in [4.78, 5) is 49.2. The Balaban J connectivity index is 0.00000426. The van der Waals surface area contributed by atoms with Crippen LogP contribution in [-0.2, 0) is 45.1 Å². The van der Waals surface area contributed by atoms with Gasteiger partial charge in [0.15, 0.2) is 0 Å². The van der Waals surface area contributed by atoms with E-state index in [2.05, 4.69) is 40.2 Å². The van der Waals surface area contributed by atoms with Crippen LogP contribution >= 0.6 is 0 Å². The van der Waals surface area contributed by atoms with Crippen molar-refractivity contribution >= 4 is 24.5 Å². The normalized spacial score (nSPS) is 14.9. The van der Waals surface area contributed by atoms with Crippen LogP contribution in [0.5, 0.6) is 0 Å². The molecule has 0 spiro atoms. The zero-order valence-corrected chi connectivity index (χ0v) is 35.7. The van der Waals surface area contributed by atoms with Gasteiger partial charge in [-0.1, -0.05) is 102 Å². The third-order valence-corrected chi connectivity index (χ3v) is 9.69. The number of nitrogens with one attached hydrogen (secondary N) is 2. The second kappa shape index (κ2) is 27.8. The smallest absolute Gasteiger partial charge is 0.652 e. The van der Waals surface area contributed by atoms with Crippen molar-refractivity contribution in [3.63, 3.8) is 0 Å². The van der Waals surface area contributed by atoms with Crippen LogP contribution in [-0.4, -0.2) is 62.2 Å². The van der Waals surface area contributed by atoms with Crippen molar-refractivity contribution in [3.8, 4) is 0 Å². The zero-order chi connectivity index (χ0) is 36.7. The van der Waals surface area contributed by atoms with Crippen molar-refractivity contribution in [2.24, 2.45) is 0 Å². The first-order chi connectivity index (χ1) is 24.3. The zero-order valence-electron chi connectivity index (χ0n) is 32.6. The molecule has 10 heteroatoms. The number of aldehydes is 1. The number of carbonyl (C=O) groups is 4. The van der Waals surface area contributed by atoms with Gasteiger partial charge in [-0.15, -0.1) is 6.54 Å². The molecule has 1 saturated heterocycles. The molecule has 3 rings (SSSR count). The van der Waals surface area contributed by atoms with Gasteiger partial charge in [0.2, 0.25) is 12.3 Å². The maximum absolute atomic E-state index is 12.4. The fourth-order valence-corrected chi connectivity index (χ4v) is 6.79. The quantitative estimate of drug-likeness (QED) is 0.0908. The molecule has 2 aromatic rings. The van der Waals surface area contributed by atoms with Crippen molar-refractivity contribution in [2.75, 3.05) is 20.7 Å². The number of benzene rings is 2. The van der Waals surface area contributed by atoms with Crippen molar-refractivity contribution in [3.05, 3.63) is 75.1 Å². The van der Waals surface area contributed by atoms with Crippen molar-refractivity contribution in [1.29, 1.82) is 0 Å². The molecule has 1 fully saturated rings. The summed E-state index contributed by atoms with van der Waals surface area (Å²) in [7, 11) is 3.67. The van der Waals surface area contributed by atoms with Gasteiger partial charge in [0.05, 0.1) is 18.1 Å². The van der Waals surface area contributed by atoms with Crippen LogP contribution in [0.15, 0.2) is 36.4 Å². The number of aryl methyl sites for hydroxylation is 2. The van der Waals surface area contributed by atoms with Gasteiger partial charge in [-0.3, -0.25) is 24.6 Å². The van der Waals surface area contributed by atoms with Gasteiger partial charge in [-0.05, 0) is 80.3 Å². The molecular formula is C41H63KN4O5. The van der Waals surface area contributed by atoms with E-state index in [0.29, 0.717) is 38.0 Å². The summed E-state index contributed by atoms with van der Waals surface area (Å²) in [5.41, 5.74) is 6.56. The first-order valence-corrected chi connectivity index (χ1v) is 18.9. The fourth-order valence-electron chi connectivity index (χ4n) is 6.79. The predicted molar refractivity (Wildman–Crippen MR) is 202 cm³/mol. The third-order valence-electron chi connectivity index (χ3n) is 9.69. The van der Waals surface area contributed by atoms with Crippen molar-refractivity contribution in [1.82, 2.24) is 15.5 Å². The van der Waals surface area contributed by atoms with Crippen LogP contribution in [0.2, 0.25) is 0 Å². The van der Waals surface area contributed by atoms with Gasteiger partial charge < -0.3 is 20.2 Å². The van der Waals surface area contributed by atoms with Crippen LogP contribution in [0.4, 0.5) is 0 Å². The van der Waals surface area contributed by atoms with E-state index in [9.17, 15) is 19.2 Å². The van der Waals surface area contributed by atoms with Gasteiger partial charge >= 0.3 is 51.4 Å². The molecule has 3 unspecified atom stereocenters. The molecule has 0 radical (unpaired) electrons. The number of hydrogen-bond donors (Lipinski definition) is 2. The minimum atomic E-state index is -0.422. The van der Waals surface area contributed by atoms with E-state index in [1.54, 1.807) is 7.11 Å². The topological polar surface area (TPSA) is 119 Å². The molecule has 0 saturated carbocycles. The summed E-state index contributed by atoms with van der Waals surface area (Å²) in [6, 6.07) is 11.7. The molecule has 1 heterocycles. The molecule has 2 aromatic carbocycles. The molecule has 0 aromatic heterocycles. The van der Waals surface area contributed by atoms with Crippen LogP contribution in [0.25, 0.3) is 5.32 Å². The number of nitrogens with zero attached hydrogens (tertiary/aromatic N) is 2. The fraction of sp³-hybridized carbons (Fsp3) is 0.610. The number of amides is 3. The number of methoxy groups -OCH3 is 1. The van der Waals surface area contributed by atoms with Crippen LogP contribution in [0, 0.1) is 0 Å². The Morgan fingerprint density at radius 2 is 1.55 bits per heavy atom. The average molecular weight is 731 g/mol. The molecule has 51 heavy (non-hydrogen) atoms. The van der Waals surface area contributed by atoms with E-state index >= 15 is 0 Å². The van der Waals surface area contributed by atoms with Gasteiger partial charge in [-0.2, -0.15) is 0 Å². The predicted octanol–water partition coefficient (Wildman–Crippen LogP) is 4.78. The van der Waals surface area contributed by atoms with Crippen molar-refractivity contribution < 1.29 is 75.3 Å². The first kappa shape index (κ1) is 47.3.